The SMILES string of the molecule is O=C(C(CCn1ccnc1NO)NS(=O)(=O)c1c(Cl)cccc1Cl)N1CCC2CCCC[C@@H]2C1. The van der Waals surface area contributed by atoms with E-state index in [1.165, 1.54) is 37.6 Å². The van der Waals surface area contributed by atoms with Crippen molar-refractivity contribution in [3.63, 3.8) is 0 Å². The minimum Gasteiger partial charge on any atom is -0.341 e. The molecule has 1 aliphatic heterocycles. The zero-order valence-corrected chi connectivity index (χ0v) is 21.0. The van der Waals surface area contributed by atoms with Crippen molar-refractivity contribution in [2.24, 2.45) is 11.8 Å². The highest BCUT2D eigenvalue weighted by Gasteiger charge is 2.37. The molecule has 2 heterocycles. The number of rotatable bonds is 8. The van der Waals surface area contributed by atoms with Crippen molar-refractivity contribution in [2.75, 3.05) is 18.6 Å². The summed E-state index contributed by atoms with van der Waals surface area (Å²) in [6, 6.07) is 3.41. The van der Waals surface area contributed by atoms with Crippen LogP contribution in [0.2, 0.25) is 10.0 Å². The zero-order chi connectivity index (χ0) is 24.3. The number of hydrogen-bond donors (Lipinski definition) is 3. The Hall–Kier alpha value is -1.85. The predicted molar refractivity (Wildman–Crippen MR) is 129 cm³/mol. The van der Waals surface area contributed by atoms with E-state index in [0.29, 0.717) is 24.9 Å². The number of amides is 1. The number of nitrogens with one attached hydrogen (secondary N) is 2. The Kier molecular flexibility index (Phi) is 8.04. The van der Waals surface area contributed by atoms with E-state index in [1.807, 2.05) is 5.48 Å². The summed E-state index contributed by atoms with van der Waals surface area (Å²) >= 11 is 12.3. The molecule has 0 bridgehead atoms. The number of aryl methyl sites for hydroxylation is 1. The summed E-state index contributed by atoms with van der Waals surface area (Å²) in [4.78, 5) is 19.1. The van der Waals surface area contributed by atoms with E-state index in [-0.39, 0.29) is 39.8 Å². The van der Waals surface area contributed by atoms with Crippen molar-refractivity contribution in [3.05, 3.63) is 40.6 Å². The van der Waals surface area contributed by atoms with Gasteiger partial charge in [-0.15, -0.1) is 0 Å². The summed E-state index contributed by atoms with van der Waals surface area (Å²) in [6.07, 6.45) is 8.92. The molecule has 12 heteroatoms. The van der Waals surface area contributed by atoms with Crippen LogP contribution in [0.1, 0.15) is 38.5 Å². The topological polar surface area (TPSA) is 117 Å². The van der Waals surface area contributed by atoms with Crippen molar-refractivity contribution in [1.29, 1.82) is 0 Å². The lowest BCUT2D eigenvalue weighted by molar-refractivity contribution is -0.136. The number of carbonyl (C=O) groups is 1. The second-order valence-electron chi connectivity index (χ2n) is 8.95. The summed E-state index contributed by atoms with van der Waals surface area (Å²) in [5.41, 5.74) is 2.00. The molecule has 1 aromatic carbocycles. The molecular formula is C22H29Cl2N5O4S. The summed E-state index contributed by atoms with van der Waals surface area (Å²) in [6.45, 7) is 1.50. The molecule has 2 aliphatic rings. The smallest absolute Gasteiger partial charge is 0.244 e. The lowest BCUT2D eigenvalue weighted by atomic mass is 9.75. The molecule has 1 saturated heterocycles. The fourth-order valence-electron chi connectivity index (χ4n) is 5.11. The summed E-state index contributed by atoms with van der Waals surface area (Å²) in [7, 11) is -4.19. The number of sulfonamides is 1. The molecule has 4 rings (SSSR count). The van der Waals surface area contributed by atoms with Crippen LogP contribution in [-0.4, -0.2) is 53.1 Å². The van der Waals surface area contributed by atoms with Crippen molar-refractivity contribution in [3.8, 4) is 0 Å². The third kappa shape index (κ3) is 5.52. The van der Waals surface area contributed by atoms with Gasteiger partial charge in [0.2, 0.25) is 21.9 Å². The van der Waals surface area contributed by atoms with Crippen LogP contribution in [0.3, 0.4) is 0 Å². The van der Waals surface area contributed by atoms with Crippen molar-refractivity contribution in [1.82, 2.24) is 19.2 Å². The van der Waals surface area contributed by atoms with Crippen molar-refractivity contribution < 1.29 is 18.4 Å². The number of aromatic nitrogens is 2. The molecule has 2 unspecified atom stereocenters. The molecule has 1 aliphatic carbocycles. The number of imidazole rings is 1. The predicted octanol–water partition coefficient (Wildman–Crippen LogP) is 3.77. The third-order valence-electron chi connectivity index (χ3n) is 6.86. The first kappa shape index (κ1) is 25.2. The molecule has 186 valence electrons. The van der Waals surface area contributed by atoms with Gasteiger partial charge in [-0.3, -0.25) is 10.0 Å². The molecule has 0 radical (unpaired) electrons. The second kappa shape index (κ2) is 10.8. The van der Waals surface area contributed by atoms with E-state index in [0.717, 1.165) is 12.8 Å². The van der Waals surface area contributed by atoms with Crippen LogP contribution in [0.5, 0.6) is 0 Å². The Balaban J connectivity index is 1.56. The van der Waals surface area contributed by atoms with Gasteiger partial charge in [-0.2, -0.15) is 4.72 Å². The normalized spacial score (nSPS) is 21.7. The number of anilines is 1. The quantitative estimate of drug-likeness (QED) is 0.448. The van der Waals surface area contributed by atoms with Crippen LogP contribution in [-0.2, 0) is 21.4 Å². The number of hydrogen-bond acceptors (Lipinski definition) is 6. The maximum atomic E-state index is 13.6. The number of benzene rings is 1. The highest BCUT2D eigenvalue weighted by Crippen LogP contribution is 2.36. The van der Waals surface area contributed by atoms with Gasteiger partial charge in [0.25, 0.3) is 0 Å². The van der Waals surface area contributed by atoms with E-state index in [9.17, 15) is 18.4 Å². The van der Waals surface area contributed by atoms with Crippen molar-refractivity contribution in [2.45, 2.75) is 56.0 Å². The number of carbonyl (C=O) groups excluding carboxylic acids is 1. The van der Waals surface area contributed by atoms with Gasteiger partial charge in [-0.05, 0) is 43.2 Å². The minimum atomic E-state index is -4.19. The summed E-state index contributed by atoms with van der Waals surface area (Å²) in [5.74, 6) is 1.03. The number of likely N-dealkylation sites (tertiary alicyclic amines) is 1. The molecule has 0 spiro atoms. The van der Waals surface area contributed by atoms with E-state index in [1.54, 1.807) is 21.7 Å². The molecule has 1 amide bonds. The van der Waals surface area contributed by atoms with Gasteiger partial charge < -0.3 is 9.47 Å². The van der Waals surface area contributed by atoms with Crippen LogP contribution in [0.15, 0.2) is 35.5 Å². The molecule has 34 heavy (non-hydrogen) atoms. The highest BCUT2D eigenvalue weighted by molar-refractivity contribution is 7.89. The van der Waals surface area contributed by atoms with Crippen LogP contribution in [0.4, 0.5) is 5.95 Å². The van der Waals surface area contributed by atoms with Gasteiger partial charge in [0.15, 0.2) is 0 Å². The number of piperidine rings is 1. The Bertz CT molecular complexity index is 1110. The maximum Gasteiger partial charge on any atom is 0.244 e. The largest absolute Gasteiger partial charge is 0.341 e. The van der Waals surface area contributed by atoms with Gasteiger partial charge in [-0.1, -0.05) is 48.5 Å². The number of fused-ring (bicyclic) bond motifs is 1. The van der Waals surface area contributed by atoms with Crippen LogP contribution in [0.25, 0.3) is 0 Å². The van der Waals surface area contributed by atoms with Gasteiger partial charge in [0.05, 0.1) is 10.0 Å². The Morgan fingerprint density at radius 1 is 1.18 bits per heavy atom. The minimum absolute atomic E-state index is 0.0180. The maximum absolute atomic E-state index is 13.6. The summed E-state index contributed by atoms with van der Waals surface area (Å²) in [5, 5.41) is 9.21. The van der Waals surface area contributed by atoms with Gasteiger partial charge in [0, 0.05) is 32.0 Å². The average molecular weight is 530 g/mol. The molecule has 1 saturated carbocycles. The van der Waals surface area contributed by atoms with E-state index in [2.05, 4.69) is 9.71 Å². The lowest BCUT2D eigenvalue weighted by Gasteiger charge is -2.42. The second-order valence-corrected chi connectivity index (χ2v) is 11.4. The molecular weight excluding hydrogens is 501 g/mol. The lowest BCUT2D eigenvalue weighted by Crippen LogP contribution is -2.53. The Morgan fingerprint density at radius 2 is 1.88 bits per heavy atom. The molecule has 9 nitrogen and oxygen atoms in total. The monoisotopic (exact) mass is 529 g/mol. The molecule has 3 N–H and O–H groups in total. The number of nitrogens with zero attached hydrogens (tertiary/aromatic N) is 3. The van der Waals surface area contributed by atoms with Gasteiger partial charge in [-0.25, -0.2) is 18.9 Å². The van der Waals surface area contributed by atoms with Crippen LogP contribution in [0, 0.1) is 11.8 Å². The third-order valence-corrected chi connectivity index (χ3v) is 9.29. The molecule has 2 fully saturated rings. The zero-order valence-electron chi connectivity index (χ0n) is 18.7. The van der Waals surface area contributed by atoms with E-state index >= 15 is 0 Å². The first-order valence-electron chi connectivity index (χ1n) is 11.5. The average Bonchev–Trinajstić information content (AvgIpc) is 3.28. The fraction of sp³-hybridized carbons (Fsp3) is 0.545. The Labute approximate surface area is 209 Å². The Morgan fingerprint density at radius 3 is 2.59 bits per heavy atom. The first-order valence-corrected chi connectivity index (χ1v) is 13.7. The summed E-state index contributed by atoms with van der Waals surface area (Å²) < 4.78 is 30.7. The highest BCUT2D eigenvalue weighted by atomic mass is 35.5. The standard InChI is InChI=1S/C22H29Cl2N5O4S/c23-17-6-3-7-18(24)20(17)34(32,33)27-19(9-12-28-13-10-25-22(28)26-31)21(30)29-11-8-15-4-1-2-5-16(15)14-29/h3,6-7,10,13,15-16,19,27,31H,1-2,4-5,8-9,11-12,14H2,(H,25,26)/t15?,16-,19?/m1/s1. The van der Waals surface area contributed by atoms with Gasteiger partial charge in [0.1, 0.15) is 10.9 Å². The van der Waals surface area contributed by atoms with Crippen LogP contribution < -0.4 is 10.2 Å². The molecule has 2 aromatic rings. The first-order chi connectivity index (χ1) is 16.3. The molecule has 3 atom stereocenters. The molecule has 1 aromatic heterocycles. The van der Waals surface area contributed by atoms with Crippen molar-refractivity contribution >= 4 is 45.1 Å². The number of halogens is 2. The van der Waals surface area contributed by atoms with Gasteiger partial charge >= 0.3 is 0 Å². The van der Waals surface area contributed by atoms with E-state index in [4.69, 9.17) is 23.2 Å². The van der Waals surface area contributed by atoms with E-state index < -0.39 is 16.1 Å². The van der Waals surface area contributed by atoms with Crippen LogP contribution >= 0.6 is 23.2 Å². The fourth-order valence-corrected chi connectivity index (χ4v) is 7.48.